The minimum atomic E-state index is -0.600. The largest absolute Gasteiger partial charge is 0.388 e. The van der Waals surface area contributed by atoms with Crippen LogP contribution in [0.4, 0.5) is 0 Å². The van der Waals surface area contributed by atoms with E-state index < -0.39 is 6.10 Å². The van der Waals surface area contributed by atoms with Crippen LogP contribution in [0.5, 0.6) is 0 Å². The lowest BCUT2D eigenvalue weighted by molar-refractivity contribution is 0.177. The van der Waals surface area contributed by atoms with Crippen LogP contribution in [-0.4, -0.2) is 14.5 Å². The summed E-state index contributed by atoms with van der Waals surface area (Å²) in [5.41, 5.74) is 2.26. The maximum atomic E-state index is 10.2. The molecule has 0 aliphatic carbocycles. The van der Waals surface area contributed by atoms with Gasteiger partial charge in [-0.3, -0.25) is 4.40 Å². The van der Waals surface area contributed by atoms with E-state index in [9.17, 15) is 5.11 Å². The number of rotatable bonds is 3. The second-order valence-electron chi connectivity index (χ2n) is 4.28. The van der Waals surface area contributed by atoms with Crippen LogP contribution in [-0.2, 0) is 6.42 Å². The first-order chi connectivity index (χ1) is 9.26. The Balaban J connectivity index is 1.78. The third-order valence-corrected chi connectivity index (χ3v) is 3.74. The highest BCUT2D eigenvalue weighted by Crippen LogP contribution is 2.20. The van der Waals surface area contributed by atoms with Gasteiger partial charge in [0, 0.05) is 24.2 Å². The Morgan fingerprint density at radius 1 is 1.37 bits per heavy atom. The number of aromatic nitrogens is 2. The van der Waals surface area contributed by atoms with Gasteiger partial charge in [-0.1, -0.05) is 12.1 Å². The number of thiazole rings is 1. The Hall–Kier alpha value is -2.16. The minimum Gasteiger partial charge on any atom is -0.388 e. The summed E-state index contributed by atoms with van der Waals surface area (Å²) in [6, 6.07) is 9.05. The van der Waals surface area contributed by atoms with Crippen LogP contribution in [0.3, 0.4) is 0 Å². The average Bonchev–Trinajstić information content (AvgIpc) is 2.99. The van der Waals surface area contributed by atoms with Gasteiger partial charge in [-0.25, -0.2) is 4.98 Å². The lowest BCUT2D eigenvalue weighted by Crippen LogP contribution is -2.02. The predicted octanol–water partition coefficient (Wildman–Crippen LogP) is 2.54. The van der Waals surface area contributed by atoms with Crippen molar-refractivity contribution in [2.45, 2.75) is 12.5 Å². The second-order valence-corrected chi connectivity index (χ2v) is 5.15. The van der Waals surface area contributed by atoms with Crippen LogP contribution in [0.2, 0.25) is 0 Å². The van der Waals surface area contributed by atoms with E-state index in [1.807, 2.05) is 22.2 Å². The summed E-state index contributed by atoms with van der Waals surface area (Å²) in [6.45, 7) is 0. The number of hydrogen-bond acceptors (Lipinski definition) is 4. The summed E-state index contributed by atoms with van der Waals surface area (Å²) >= 11 is 1.57. The van der Waals surface area contributed by atoms with Gasteiger partial charge in [0.15, 0.2) is 4.96 Å². The van der Waals surface area contributed by atoms with Crippen LogP contribution in [0, 0.1) is 11.3 Å². The fraction of sp³-hybridized carbons (Fsp3) is 0.143. The lowest BCUT2D eigenvalue weighted by Gasteiger charge is -2.08. The van der Waals surface area contributed by atoms with E-state index in [1.165, 1.54) is 0 Å². The number of fused-ring (bicyclic) bond motifs is 1. The molecule has 1 N–H and O–H groups in total. The molecule has 0 bridgehead atoms. The first kappa shape index (κ1) is 11.9. The molecule has 0 spiro atoms. The molecule has 0 aliphatic heterocycles. The molecule has 0 aliphatic rings. The van der Waals surface area contributed by atoms with E-state index in [0.29, 0.717) is 12.0 Å². The highest BCUT2D eigenvalue weighted by atomic mass is 32.1. The number of aliphatic hydroxyl groups excluding tert-OH is 1. The van der Waals surface area contributed by atoms with Crippen LogP contribution < -0.4 is 0 Å². The van der Waals surface area contributed by atoms with Crippen LogP contribution in [0.25, 0.3) is 4.96 Å². The molecule has 3 rings (SSSR count). The van der Waals surface area contributed by atoms with Crippen molar-refractivity contribution in [3.8, 4) is 6.07 Å². The standard InChI is InChI=1S/C14H11N3OS/c15-8-10-1-3-11(4-2-10)13(18)7-12-9-17-5-6-19-14(17)16-12/h1-6,9,13,18H,7H2. The van der Waals surface area contributed by atoms with Crippen molar-refractivity contribution >= 4 is 16.3 Å². The molecule has 0 fully saturated rings. The molecule has 0 radical (unpaired) electrons. The molecule has 3 aromatic rings. The van der Waals surface area contributed by atoms with Gasteiger partial charge in [-0.15, -0.1) is 11.3 Å². The number of aliphatic hydroxyl groups is 1. The van der Waals surface area contributed by atoms with Crippen molar-refractivity contribution in [1.29, 1.82) is 5.26 Å². The Morgan fingerprint density at radius 2 is 2.16 bits per heavy atom. The van der Waals surface area contributed by atoms with E-state index in [2.05, 4.69) is 11.1 Å². The first-order valence-corrected chi connectivity index (χ1v) is 6.73. The highest BCUT2D eigenvalue weighted by Gasteiger charge is 2.11. The van der Waals surface area contributed by atoms with Crippen LogP contribution in [0.1, 0.15) is 22.9 Å². The van der Waals surface area contributed by atoms with E-state index in [0.717, 1.165) is 16.2 Å². The number of nitriles is 1. The number of hydrogen-bond donors (Lipinski definition) is 1. The quantitative estimate of drug-likeness (QED) is 0.794. The van der Waals surface area contributed by atoms with Gasteiger partial charge in [0.25, 0.3) is 0 Å². The molecule has 2 heterocycles. The average molecular weight is 269 g/mol. The van der Waals surface area contributed by atoms with Gasteiger partial charge in [0.2, 0.25) is 0 Å². The summed E-state index contributed by atoms with van der Waals surface area (Å²) < 4.78 is 1.95. The van der Waals surface area contributed by atoms with Crippen molar-refractivity contribution in [3.05, 3.63) is 58.9 Å². The summed E-state index contributed by atoms with van der Waals surface area (Å²) in [7, 11) is 0. The van der Waals surface area contributed by atoms with Gasteiger partial charge in [0.05, 0.1) is 23.4 Å². The maximum absolute atomic E-state index is 10.2. The molecule has 1 atom stereocenters. The van der Waals surface area contributed by atoms with Crippen LogP contribution in [0.15, 0.2) is 42.0 Å². The predicted molar refractivity (Wildman–Crippen MR) is 72.9 cm³/mol. The van der Waals surface area contributed by atoms with Crippen molar-refractivity contribution < 1.29 is 5.11 Å². The molecule has 0 amide bonds. The summed E-state index contributed by atoms with van der Waals surface area (Å²) in [4.78, 5) is 5.37. The molecule has 4 nitrogen and oxygen atoms in total. The topological polar surface area (TPSA) is 61.3 Å². The zero-order valence-corrected chi connectivity index (χ0v) is 10.8. The number of nitrogens with zero attached hydrogens (tertiary/aromatic N) is 3. The van der Waals surface area contributed by atoms with Crippen molar-refractivity contribution in [2.75, 3.05) is 0 Å². The van der Waals surface area contributed by atoms with Gasteiger partial charge in [0.1, 0.15) is 0 Å². The fourth-order valence-electron chi connectivity index (χ4n) is 1.97. The van der Waals surface area contributed by atoms with Crippen molar-refractivity contribution in [1.82, 2.24) is 9.38 Å². The Morgan fingerprint density at radius 3 is 2.84 bits per heavy atom. The minimum absolute atomic E-state index is 0.473. The SMILES string of the molecule is N#Cc1ccc(C(O)Cc2cn3ccsc3n2)cc1. The van der Waals surface area contributed by atoms with Gasteiger partial charge >= 0.3 is 0 Å². The zero-order valence-electron chi connectivity index (χ0n) is 10.0. The molecule has 5 heteroatoms. The monoisotopic (exact) mass is 269 g/mol. The fourth-order valence-corrected chi connectivity index (χ4v) is 2.69. The van der Waals surface area contributed by atoms with E-state index in [4.69, 9.17) is 5.26 Å². The first-order valence-electron chi connectivity index (χ1n) is 5.85. The van der Waals surface area contributed by atoms with Gasteiger partial charge in [-0.2, -0.15) is 5.26 Å². The highest BCUT2D eigenvalue weighted by molar-refractivity contribution is 7.15. The number of imidazole rings is 1. The zero-order chi connectivity index (χ0) is 13.2. The Labute approximate surface area is 114 Å². The molecule has 1 aromatic carbocycles. The smallest absolute Gasteiger partial charge is 0.193 e. The van der Waals surface area contributed by atoms with Crippen molar-refractivity contribution in [3.63, 3.8) is 0 Å². The normalized spacial score (nSPS) is 12.4. The molecule has 94 valence electrons. The molecular weight excluding hydrogens is 258 g/mol. The molecule has 0 saturated carbocycles. The summed E-state index contributed by atoms with van der Waals surface area (Å²) in [5, 5.41) is 20.9. The van der Waals surface area contributed by atoms with E-state index >= 15 is 0 Å². The Bertz CT molecular complexity index is 707. The molecule has 19 heavy (non-hydrogen) atoms. The molecular formula is C14H11N3OS. The van der Waals surface area contributed by atoms with E-state index in [1.54, 1.807) is 35.6 Å². The van der Waals surface area contributed by atoms with E-state index in [-0.39, 0.29) is 0 Å². The van der Waals surface area contributed by atoms with Gasteiger partial charge in [-0.05, 0) is 17.7 Å². The molecule has 1 unspecified atom stereocenters. The molecule has 0 saturated heterocycles. The van der Waals surface area contributed by atoms with Gasteiger partial charge < -0.3 is 5.11 Å². The third kappa shape index (κ3) is 2.36. The lowest BCUT2D eigenvalue weighted by atomic mass is 10.0. The number of benzene rings is 1. The molecule has 2 aromatic heterocycles. The Kier molecular flexibility index (Phi) is 3.03. The van der Waals surface area contributed by atoms with Crippen molar-refractivity contribution in [2.24, 2.45) is 0 Å². The third-order valence-electron chi connectivity index (χ3n) is 2.97. The second kappa shape index (κ2) is 4.84. The maximum Gasteiger partial charge on any atom is 0.193 e. The summed E-state index contributed by atoms with van der Waals surface area (Å²) in [6.07, 6.45) is 3.75. The van der Waals surface area contributed by atoms with Crippen LogP contribution >= 0.6 is 11.3 Å². The summed E-state index contributed by atoms with van der Waals surface area (Å²) in [5.74, 6) is 0.